The fourth-order valence-corrected chi connectivity index (χ4v) is 2.30. The molecule has 0 unspecified atom stereocenters. The Morgan fingerprint density at radius 2 is 1.80 bits per heavy atom. The molecule has 0 spiro atoms. The molecule has 0 aliphatic rings. The van der Waals surface area contributed by atoms with Gasteiger partial charge in [-0.25, -0.2) is 5.43 Å². The lowest BCUT2D eigenvalue weighted by molar-refractivity contribution is -0.118. The van der Waals surface area contributed by atoms with E-state index in [1.165, 1.54) is 12.5 Å². The number of ether oxygens (including phenoxy) is 2. The zero-order chi connectivity index (χ0) is 18.1. The van der Waals surface area contributed by atoms with E-state index in [9.17, 15) is 4.79 Å². The predicted octanol–water partition coefficient (Wildman–Crippen LogP) is 3.62. The summed E-state index contributed by atoms with van der Waals surface area (Å²) in [5.74, 6) is 1.43. The lowest BCUT2D eigenvalue weighted by Crippen LogP contribution is -2.12. The summed E-state index contributed by atoms with van der Waals surface area (Å²) in [7, 11) is 0. The predicted molar refractivity (Wildman–Crippen MR) is 99.4 cm³/mol. The summed E-state index contributed by atoms with van der Waals surface area (Å²) in [6.45, 7) is 6.65. The van der Waals surface area contributed by atoms with Crippen molar-refractivity contribution in [1.29, 1.82) is 0 Å². The number of hydrogen-bond donors (Lipinski definition) is 1. The van der Waals surface area contributed by atoms with Crippen molar-refractivity contribution in [3.8, 4) is 11.5 Å². The molecule has 132 valence electrons. The van der Waals surface area contributed by atoms with E-state index in [0.717, 1.165) is 29.0 Å². The Labute approximate surface area is 148 Å². The summed E-state index contributed by atoms with van der Waals surface area (Å²) in [5.41, 5.74) is 5.56. The van der Waals surface area contributed by atoms with E-state index in [0.29, 0.717) is 13.2 Å². The number of carbonyl (C=O) groups is 1. The molecule has 0 aliphatic heterocycles. The molecule has 0 aliphatic carbocycles. The van der Waals surface area contributed by atoms with Crippen molar-refractivity contribution in [2.45, 2.75) is 27.2 Å². The highest BCUT2D eigenvalue weighted by molar-refractivity contribution is 5.84. The summed E-state index contributed by atoms with van der Waals surface area (Å²) in [6, 6.07) is 13.7. The van der Waals surface area contributed by atoms with Crippen LogP contribution in [0.3, 0.4) is 0 Å². The van der Waals surface area contributed by atoms with Gasteiger partial charge in [0.1, 0.15) is 11.5 Å². The highest BCUT2D eigenvalue weighted by Crippen LogP contribution is 2.19. The minimum atomic E-state index is -0.210. The maximum atomic E-state index is 10.9. The zero-order valence-corrected chi connectivity index (χ0v) is 14.9. The van der Waals surface area contributed by atoms with Crippen molar-refractivity contribution in [2.75, 3.05) is 13.2 Å². The third-order valence-corrected chi connectivity index (χ3v) is 3.48. The number of hydrogen-bond acceptors (Lipinski definition) is 4. The fraction of sp³-hybridized carbons (Fsp3) is 0.300. The number of hydrazone groups is 1. The number of rotatable bonds is 8. The smallest absolute Gasteiger partial charge is 0.236 e. The summed E-state index contributed by atoms with van der Waals surface area (Å²) >= 11 is 0. The van der Waals surface area contributed by atoms with Crippen molar-refractivity contribution in [3.05, 3.63) is 59.2 Å². The Kier molecular flexibility index (Phi) is 7.01. The molecule has 2 rings (SSSR count). The van der Waals surface area contributed by atoms with E-state index in [-0.39, 0.29) is 5.91 Å². The van der Waals surface area contributed by atoms with Crippen LogP contribution in [0.2, 0.25) is 0 Å². The van der Waals surface area contributed by atoms with Crippen molar-refractivity contribution in [1.82, 2.24) is 5.43 Å². The number of nitrogens with one attached hydrogen (secondary N) is 1. The molecule has 5 heteroatoms. The second-order valence-electron chi connectivity index (χ2n) is 5.78. The quantitative estimate of drug-likeness (QED) is 0.453. The van der Waals surface area contributed by atoms with Gasteiger partial charge in [0.05, 0.1) is 19.4 Å². The molecule has 0 saturated carbocycles. The lowest BCUT2D eigenvalue weighted by atomic mass is 10.1. The standard InChI is InChI=1S/C20H24N2O3/c1-15-9-10-19(16(2)13-15)24-11-6-12-25-20-8-5-4-7-18(20)14-21-22-17(3)23/h4-5,7-10,13-14H,6,11-12H2,1-3H3,(H,22,23). The molecular formula is C20H24N2O3. The molecule has 1 N–H and O–H groups in total. The average Bonchev–Trinajstić information content (AvgIpc) is 2.57. The van der Waals surface area contributed by atoms with Crippen LogP contribution in [-0.2, 0) is 4.79 Å². The third-order valence-electron chi connectivity index (χ3n) is 3.48. The van der Waals surface area contributed by atoms with Gasteiger partial charge in [0.2, 0.25) is 5.91 Å². The molecule has 25 heavy (non-hydrogen) atoms. The van der Waals surface area contributed by atoms with Gasteiger partial charge in [0.25, 0.3) is 0 Å². The normalized spacial score (nSPS) is 10.7. The molecule has 0 aromatic heterocycles. The van der Waals surface area contributed by atoms with E-state index in [1.807, 2.05) is 43.3 Å². The molecule has 5 nitrogen and oxygen atoms in total. The Morgan fingerprint density at radius 3 is 2.52 bits per heavy atom. The first-order chi connectivity index (χ1) is 12.1. The molecule has 0 bridgehead atoms. The minimum absolute atomic E-state index is 0.210. The fourth-order valence-electron chi connectivity index (χ4n) is 2.30. The number of aryl methyl sites for hydroxylation is 2. The molecule has 0 atom stereocenters. The van der Waals surface area contributed by atoms with Crippen LogP contribution in [0.15, 0.2) is 47.6 Å². The Morgan fingerprint density at radius 1 is 1.08 bits per heavy atom. The molecule has 1 amide bonds. The SMILES string of the molecule is CC(=O)NN=Cc1ccccc1OCCCOc1ccc(C)cc1C. The van der Waals surface area contributed by atoms with Crippen LogP contribution < -0.4 is 14.9 Å². The molecule has 0 saturated heterocycles. The largest absolute Gasteiger partial charge is 0.493 e. The van der Waals surface area contributed by atoms with Crippen molar-refractivity contribution in [2.24, 2.45) is 5.10 Å². The van der Waals surface area contributed by atoms with Gasteiger partial charge in [-0.3, -0.25) is 4.79 Å². The monoisotopic (exact) mass is 340 g/mol. The van der Waals surface area contributed by atoms with Crippen LogP contribution in [0.5, 0.6) is 11.5 Å². The van der Waals surface area contributed by atoms with Crippen LogP contribution in [0.25, 0.3) is 0 Å². The summed E-state index contributed by atoms with van der Waals surface area (Å²) < 4.78 is 11.6. The Bertz CT molecular complexity index is 741. The van der Waals surface area contributed by atoms with Crippen LogP contribution in [0.4, 0.5) is 0 Å². The number of benzene rings is 2. The van der Waals surface area contributed by atoms with Gasteiger partial charge in [-0.05, 0) is 37.6 Å². The van der Waals surface area contributed by atoms with Gasteiger partial charge < -0.3 is 9.47 Å². The maximum Gasteiger partial charge on any atom is 0.236 e. The van der Waals surface area contributed by atoms with Gasteiger partial charge in [0.15, 0.2) is 0 Å². The third kappa shape index (κ3) is 6.30. The minimum Gasteiger partial charge on any atom is -0.493 e. The van der Waals surface area contributed by atoms with Crippen molar-refractivity contribution >= 4 is 12.1 Å². The number of amides is 1. The number of para-hydroxylation sites is 1. The first kappa shape index (κ1) is 18.5. The Balaban J connectivity index is 1.80. The van der Waals surface area contributed by atoms with Crippen LogP contribution in [-0.4, -0.2) is 25.3 Å². The second kappa shape index (κ2) is 9.47. The van der Waals surface area contributed by atoms with Gasteiger partial charge >= 0.3 is 0 Å². The number of nitrogens with zero attached hydrogens (tertiary/aromatic N) is 1. The molecule has 0 fully saturated rings. The first-order valence-corrected chi connectivity index (χ1v) is 8.28. The highest BCUT2D eigenvalue weighted by atomic mass is 16.5. The molecule has 2 aromatic rings. The first-order valence-electron chi connectivity index (χ1n) is 8.28. The van der Waals surface area contributed by atoms with Crippen LogP contribution in [0.1, 0.15) is 30.0 Å². The van der Waals surface area contributed by atoms with Crippen LogP contribution in [0, 0.1) is 13.8 Å². The molecular weight excluding hydrogens is 316 g/mol. The highest BCUT2D eigenvalue weighted by Gasteiger charge is 2.02. The maximum absolute atomic E-state index is 10.9. The van der Waals surface area contributed by atoms with Crippen molar-refractivity contribution < 1.29 is 14.3 Å². The molecule has 0 radical (unpaired) electrons. The van der Waals surface area contributed by atoms with Gasteiger partial charge in [-0.2, -0.15) is 5.10 Å². The van der Waals surface area contributed by atoms with Gasteiger partial charge in [0, 0.05) is 18.9 Å². The lowest BCUT2D eigenvalue weighted by Gasteiger charge is -2.11. The van der Waals surface area contributed by atoms with Crippen molar-refractivity contribution in [3.63, 3.8) is 0 Å². The summed E-state index contributed by atoms with van der Waals surface area (Å²) in [4.78, 5) is 10.9. The van der Waals surface area contributed by atoms with E-state index >= 15 is 0 Å². The van der Waals surface area contributed by atoms with Crippen LogP contribution >= 0.6 is 0 Å². The Hall–Kier alpha value is -2.82. The average molecular weight is 340 g/mol. The summed E-state index contributed by atoms with van der Waals surface area (Å²) in [6.07, 6.45) is 2.34. The number of carbonyl (C=O) groups excluding carboxylic acids is 1. The molecule has 2 aromatic carbocycles. The summed E-state index contributed by atoms with van der Waals surface area (Å²) in [5, 5.41) is 3.87. The van der Waals surface area contributed by atoms with Gasteiger partial charge in [-0.1, -0.05) is 29.8 Å². The zero-order valence-electron chi connectivity index (χ0n) is 14.9. The van der Waals surface area contributed by atoms with Gasteiger partial charge in [-0.15, -0.1) is 0 Å². The van der Waals surface area contributed by atoms with E-state index in [1.54, 1.807) is 6.21 Å². The topological polar surface area (TPSA) is 59.9 Å². The van der Waals surface area contributed by atoms with E-state index in [2.05, 4.69) is 23.5 Å². The van der Waals surface area contributed by atoms with E-state index in [4.69, 9.17) is 9.47 Å². The molecule has 0 heterocycles. The van der Waals surface area contributed by atoms with E-state index < -0.39 is 0 Å². The second-order valence-corrected chi connectivity index (χ2v) is 5.78.